The van der Waals surface area contributed by atoms with E-state index in [0.29, 0.717) is 23.7 Å². The van der Waals surface area contributed by atoms with Gasteiger partial charge >= 0.3 is 5.97 Å². The molecule has 4 nitrogen and oxygen atoms in total. The first-order chi connectivity index (χ1) is 12.8. The van der Waals surface area contributed by atoms with Crippen LogP contribution in [0.3, 0.4) is 0 Å². The molecule has 4 aliphatic carbocycles. The molecule has 4 heteroatoms. The third-order valence-electron chi connectivity index (χ3n) is 8.95. The summed E-state index contributed by atoms with van der Waals surface area (Å²) in [6.45, 7) is 6.23. The topological polar surface area (TPSA) is 70.3 Å². The summed E-state index contributed by atoms with van der Waals surface area (Å²) < 4.78 is 5.99. The Morgan fingerprint density at radius 3 is 2.78 bits per heavy atom. The second kappa shape index (κ2) is 6.62. The summed E-state index contributed by atoms with van der Waals surface area (Å²) in [5, 5.41) is 19.5. The molecule has 148 valence electrons. The summed E-state index contributed by atoms with van der Waals surface area (Å²) in [7, 11) is 0. The highest BCUT2D eigenvalue weighted by atomic mass is 16.5. The van der Waals surface area contributed by atoms with Crippen molar-refractivity contribution in [2.24, 2.45) is 34.5 Å². The van der Waals surface area contributed by atoms with E-state index in [1.807, 2.05) is 0 Å². The number of esters is 1. The summed E-state index contributed by atoms with van der Waals surface area (Å²) >= 11 is 0. The normalized spacial score (nSPS) is 50.3. The van der Waals surface area contributed by atoms with Crippen molar-refractivity contribution >= 4 is 5.97 Å². The van der Waals surface area contributed by atoms with Gasteiger partial charge in [0.2, 0.25) is 0 Å². The van der Waals surface area contributed by atoms with E-state index in [4.69, 9.17) is 4.74 Å². The summed E-state index contributed by atoms with van der Waals surface area (Å²) in [6.07, 6.45) is 9.65. The van der Waals surface area contributed by atoms with Crippen LogP contribution in [0.25, 0.3) is 0 Å². The number of hydrogen-bond donors (Lipinski definition) is 1. The van der Waals surface area contributed by atoms with Crippen molar-refractivity contribution < 1.29 is 14.6 Å². The number of aliphatic hydroxyl groups is 1. The first kappa shape index (κ1) is 19.0. The summed E-state index contributed by atoms with van der Waals surface area (Å²) in [6, 6.07) is 2.26. The number of aliphatic hydroxyl groups excluding tert-OH is 1. The van der Waals surface area contributed by atoms with Crippen LogP contribution in [0.15, 0.2) is 11.6 Å². The fourth-order valence-corrected chi connectivity index (χ4v) is 7.81. The van der Waals surface area contributed by atoms with Gasteiger partial charge in [-0.3, -0.25) is 4.79 Å². The van der Waals surface area contributed by atoms with Crippen molar-refractivity contribution in [3.8, 4) is 6.07 Å². The minimum atomic E-state index is -0.189. The van der Waals surface area contributed by atoms with Crippen LogP contribution in [-0.2, 0) is 9.53 Å². The van der Waals surface area contributed by atoms with Crippen LogP contribution in [0.2, 0.25) is 0 Å². The second-order valence-corrected chi connectivity index (χ2v) is 10.1. The summed E-state index contributed by atoms with van der Waals surface area (Å²) in [5.74, 6) is 1.85. The lowest BCUT2D eigenvalue weighted by Crippen LogP contribution is -2.59. The van der Waals surface area contributed by atoms with Gasteiger partial charge in [0.15, 0.2) is 0 Å². The van der Waals surface area contributed by atoms with Crippen LogP contribution in [0.5, 0.6) is 0 Å². The highest BCUT2D eigenvalue weighted by Gasteiger charge is 2.63. The molecule has 0 heterocycles. The van der Waals surface area contributed by atoms with Crippen LogP contribution in [0, 0.1) is 45.8 Å². The Hall–Kier alpha value is -1.34. The quantitative estimate of drug-likeness (QED) is 0.548. The number of carbonyl (C=O) groups excluding carboxylic acids is 1. The smallest absolute Gasteiger partial charge is 0.302 e. The molecule has 0 unspecified atom stereocenters. The monoisotopic (exact) mass is 371 g/mol. The van der Waals surface area contributed by atoms with Crippen molar-refractivity contribution in [1.82, 2.24) is 0 Å². The van der Waals surface area contributed by atoms with Crippen LogP contribution >= 0.6 is 0 Å². The van der Waals surface area contributed by atoms with Crippen LogP contribution in [0.4, 0.5) is 0 Å². The Morgan fingerprint density at radius 1 is 1.30 bits per heavy atom. The minimum Gasteiger partial charge on any atom is -0.462 e. The maximum Gasteiger partial charge on any atom is 0.302 e. The molecule has 27 heavy (non-hydrogen) atoms. The number of rotatable bonds is 1. The van der Waals surface area contributed by atoms with Crippen molar-refractivity contribution in [2.45, 2.75) is 84.3 Å². The van der Waals surface area contributed by atoms with Crippen molar-refractivity contribution in [3.63, 3.8) is 0 Å². The SMILES string of the molecule is CC(=O)O[C@H]1C[C@]2(C)C(=CC#N)CC[C@H]2[C@@H]2CC[C@@H]3C[C@H](O)CC[C@]3(C)[C@H]21. The Kier molecular flexibility index (Phi) is 4.66. The lowest BCUT2D eigenvalue weighted by Gasteiger charge is -2.62. The Balaban J connectivity index is 1.74. The molecule has 0 aromatic heterocycles. The first-order valence-electron chi connectivity index (χ1n) is 10.7. The zero-order valence-electron chi connectivity index (χ0n) is 16.9. The van der Waals surface area contributed by atoms with Crippen LogP contribution < -0.4 is 0 Å². The molecule has 0 amide bonds. The predicted molar refractivity (Wildman–Crippen MR) is 102 cm³/mol. The Morgan fingerprint density at radius 2 is 2.07 bits per heavy atom. The van der Waals surface area contributed by atoms with Gasteiger partial charge in [-0.1, -0.05) is 19.4 Å². The number of hydrogen-bond acceptors (Lipinski definition) is 4. The zero-order valence-corrected chi connectivity index (χ0v) is 16.9. The van der Waals surface area contributed by atoms with Gasteiger partial charge in [0.1, 0.15) is 6.10 Å². The molecule has 1 N–H and O–H groups in total. The maximum absolute atomic E-state index is 12.0. The summed E-state index contributed by atoms with van der Waals surface area (Å²) in [4.78, 5) is 12.0. The Labute approximate surface area is 163 Å². The zero-order chi connectivity index (χ0) is 19.4. The molecular formula is C23H33NO3. The third-order valence-corrected chi connectivity index (χ3v) is 8.95. The number of nitriles is 1. The van der Waals surface area contributed by atoms with Gasteiger partial charge in [0.25, 0.3) is 0 Å². The number of allylic oxidation sites excluding steroid dienone is 2. The minimum absolute atomic E-state index is 0.0195. The second-order valence-electron chi connectivity index (χ2n) is 10.1. The molecule has 0 aromatic rings. The van der Waals surface area contributed by atoms with Crippen molar-refractivity contribution in [1.29, 1.82) is 5.26 Å². The molecule has 4 aliphatic rings. The largest absolute Gasteiger partial charge is 0.462 e. The standard InChI is InChI=1S/C23H33NO3/c1-14(25)27-20-13-23(3)15(9-11-24)5-7-19(23)18-6-4-16-12-17(26)8-10-22(16,2)21(18)20/h9,16-21,26H,4-8,10,12-13H2,1-3H3/t16-,17-,18+,19+,20+,21-,22+,23-/m1/s1. The van der Waals surface area contributed by atoms with Gasteiger partial charge in [0, 0.05) is 18.9 Å². The number of fused-ring (bicyclic) bond motifs is 5. The predicted octanol–water partition coefficient (Wildman–Crippen LogP) is 4.38. The molecule has 4 fully saturated rings. The van der Waals surface area contributed by atoms with E-state index in [9.17, 15) is 15.2 Å². The van der Waals surface area contributed by atoms with Gasteiger partial charge in [-0.2, -0.15) is 5.26 Å². The third kappa shape index (κ3) is 2.85. The molecule has 0 aromatic carbocycles. The van der Waals surface area contributed by atoms with Gasteiger partial charge in [-0.15, -0.1) is 0 Å². The summed E-state index contributed by atoms with van der Waals surface area (Å²) in [5.41, 5.74) is 1.39. The number of nitrogens with zero attached hydrogens (tertiary/aromatic N) is 1. The lowest BCUT2D eigenvalue weighted by atomic mass is 9.44. The van der Waals surface area contributed by atoms with E-state index in [2.05, 4.69) is 19.9 Å². The molecule has 8 atom stereocenters. The molecule has 0 bridgehead atoms. The highest BCUT2D eigenvalue weighted by molar-refractivity contribution is 5.66. The van der Waals surface area contributed by atoms with Gasteiger partial charge in [0.05, 0.1) is 12.2 Å². The highest BCUT2D eigenvalue weighted by Crippen LogP contribution is 2.67. The van der Waals surface area contributed by atoms with Crippen LogP contribution in [0.1, 0.15) is 72.1 Å². The van der Waals surface area contributed by atoms with Crippen molar-refractivity contribution in [2.75, 3.05) is 0 Å². The van der Waals surface area contributed by atoms with Crippen molar-refractivity contribution in [3.05, 3.63) is 11.6 Å². The van der Waals surface area contributed by atoms with Crippen LogP contribution in [-0.4, -0.2) is 23.3 Å². The van der Waals surface area contributed by atoms with E-state index in [-0.39, 0.29) is 29.0 Å². The van der Waals surface area contributed by atoms with Gasteiger partial charge in [-0.25, -0.2) is 0 Å². The van der Waals surface area contributed by atoms with Gasteiger partial charge < -0.3 is 9.84 Å². The first-order valence-corrected chi connectivity index (χ1v) is 10.7. The molecular weight excluding hydrogens is 338 g/mol. The molecule has 0 aliphatic heterocycles. The van der Waals surface area contributed by atoms with E-state index < -0.39 is 0 Å². The molecule has 0 spiro atoms. The number of carbonyl (C=O) groups is 1. The fourth-order valence-electron chi connectivity index (χ4n) is 7.81. The molecule has 0 saturated heterocycles. The maximum atomic E-state index is 12.0. The average molecular weight is 372 g/mol. The van der Waals surface area contributed by atoms with E-state index >= 15 is 0 Å². The molecule has 4 saturated carbocycles. The van der Waals surface area contributed by atoms with E-state index in [1.54, 1.807) is 6.08 Å². The number of ether oxygens (including phenoxy) is 1. The fraction of sp³-hybridized carbons (Fsp3) is 0.826. The molecule has 0 radical (unpaired) electrons. The Bertz CT molecular complexity index is 694. The molecule has 4 rings (SSSR count). The lowest BCUT2D eigenvalue weighted by molar-refractivity contribution is -0.191. The van der Waals surface area contributed by atoms with E-state index in [0.717, 1.165) is 44.9 Å². The average Bonchev–Trinajstić information content (AvgIpc) is 2.91. The van der Waals surface area contributed by atoms with Gasteiger partial charge in [-0.05, 0) is 80.0 Å². The van der Waals surface area contributed by atoms with E-state index in [1.165, 1.54) is 18.9 Å².